The summed E-state index contributed by atoms with van der Waals surface area (Å²) < 4.78 is 5.96. The summed E-state index contributed by atoms with van der Waals surface area (Å²) in [7, 11) is 0. The molecule has 37 heavy (non-hydrogen) atoms. The van der Waals surface area contributed by atoms with Crippen molar-refractivity contribution < 1.29 is 4.74 Å². The Bertz CT molecular complexity index is 850. The van der Waals surface area contributed by atoms with Gasteiger partial charge in [0.2, 0.25) is 0 Å². The van der Waals surface area contributed by atoms with E-state index in [9.17, 15) is 0 Å². The lowest BCUT2D eigenvalue weighted by Crippen LogP contribution is -2.13. The van der Waals surface area contributed by atoms with Crippen molar-refractivity contribution in [3.63, 3.8) is 0 Å². The Hall–Kier alpha value is -2.16. The number of unbranched alkanes of at least 4 members (excludes halogenated alkanes) is 9. The average molecular weight is 505 g/mol. The van der Waals surface area contributed by atoms with E-state index >= 15 is 0 Å². The number of benzene rings is 1. The van der Waals surface area contributed by atoms with Gasteiger partial charge >= 0.3 is 0 Å². The molecule has 2 aromatic rings. The number of aryl methyl sites for hydroxylation is 1. The van der Waals surface area contributed by atoms with E-state index in [1.807, 2.05) is 24.5 Å². The number of nitrogens with zero attached hydrogens (tertiary/aromatic N) is 2. The van der Waals surface area contributed by atoms with Crippen molar-refractivity contribution in [2.24, 2.45) is 11.8 Å². The molecule has 0 unspecified atom stereocenters. The Kier molecular flexibility index (Phi) is 14.4. The third kappa shape index (κ3) is 11.8. The quantitative estimate of drug-likeness (QED) is 0.150. The maximum absolute atomic E-state index is 5.96. The molecule has 0 bridgehead atoms. The maximum Gasteiger partial charge on any atom is 0.159 e. The van der Waals surface area contributed by atoms with Gasteiger partial charge in [0.1, 0.15) is 12.4 Å². The molecule has 0 spiro atoms. The third-order valence-corrected chi connectivity index (χ3v) is 8.00. The molecule has 0 saturated heterocycles. The van der Waals surface area contributed by atoms with Crippen molar-refractivity contribution in [2.45, 2.75) is 123 Å². The van der Waals surface area contributed by atoms with Gasteiger partial charge in [0.15, 0.2) is 5.82 Å². The zero-order chi connectivity index (χ0) is 26.0. The third-order valence-electron chi connectivity index (χ3n) is 8.00. The fourth-order valence-electron chi connectivity index (χ4n) is 5.54. The molecule has 1 fully saturated rings. The first-order valence-electron chi connectivity index (χ1n) is 15.5. The van der Waals surface area contributed by atoms with E-state index in [1.54, 1.807) is 0 Å². The summed E-state index contributed by atoms with van der Waals surface area (Å²) >= 11 is 0. The van der Waals surface area contributed by atoms with Gasteiger partial charge in [-0.2, -0.15) is 0 Å². The Morgan fingerprint density at radius 3 is 2.05 bits per heavy atom. The van der Waals surface area contributed by atoms with Gasteiger partial charge < -0.3 is 4.74 Å². The summed E-state index contributed by atoms with van der Waals surface area (Å²) in [5.74, 6) is 3.40. The van der Waals surface area contributed by atoms with Crippen LogP contribution in [0.25, 0.3) is 11.4 Å². The second-order valence-corrected chi connectivity index (χ2v) is 11.2. The van der Waals surface area contributed by atoms with Crippen LogP contribution in [-0.4, -0.2) is 16.6 Å². The molecular weight excluding hydrogens is 452 g/mol. The van der Waals surface area contributed by atoms with Crippen molar-refractivity contribution in [3.8, 4) is 17.1 Å². The first-order valence-corrected chi connectivity index (χ1v) is 15.5. The van der Waals surface area contributed by atoms with Gasteiger partial charge in [-0.1, -0.05) is 96.6 Å². The first-order chi connectivity index (χ1) is 18.3. The molecular formula is C34H52N2O. The van der Waals surface area contributed by atoms with Crippen LogP contribution in [0.15, 0.2) is 48.8 Å². The number of ether oxygens (including phenoxy) is 1. The van der Waals surface area contributed by atoms with Gasteiger partial charge in [0.05, 0.1) is 0 Å². The van der Waals surface area contributed by atoms with E-state index in [0.717, 1.165) is 35.4 Å². The predicted molar refractivity (Wildman–Crippen MR) is 158 cm³/mol. The highest BCUT2D eigenvalue weighted by atomic mass is 16.5. The molecule has 0 atom stereocenters. The Morgan fingerprint density at radius 2 is 1.38 bits per heavy atom. The van der Waals surface area contributed by atoms with Crippen LogP contribution in [0.3, 0.4) is 0 Å². The Morgan fingerprint density at radius 1 is 0.757 bits per heavy atom. The summed E-state index contributed by atoms with van der Waals surface area (Å²) in [5, 5.41) is 0. The van der Waals surface area contributed by atoms with E-state index < -0.39 is 0 Å². The molecule has 3 nitrogen and oxygen atoms in total. The standard InChI is InChI=1S/C34H52N2O/c1-3-5-7-8-9-10-11-13-16-31-27-35-34(36-28-31)32-22-24-33(25-23-32)37-26-14-17-30-20-18-29(19-21-30)15-12-6-4-2/h14,17,22-25,27-30H,3-13,15-16,18-21,26H2,1-2H3/b17-14+/t29-,30-. The summed E-state index contributed by atoms with van der Waals surface area (Å²) in [6, 6.07) is 8.18. The van der Waals surface area contributed by atoms with Crippen LogP contribution in [0, 0.1) is 11.8 Å². The highest BCUT2D eigenvalue weighted by Gasteiger charge is 2.18. The molecule has 0 aliphatic heterocycles. The molecule has 1 aromatic heterocycles. The number of rotatable bonds is 18. The van der Waals surface area contributed by atoms with Crippen LogP contribution in [-0.2, 0) is 6.42 Å². The lowest BCUT2D eigenvalue weighted by atomic mass is 9.79. The molecule has 204 valence electrons. The summed E-state index contributed by atoms with van der Waals surface area (Å²) in [6.07, 6.45) is 31.6. The molecule has 1 heterocycles. The van der Waals surface area contributed by atoms with Crippen molar-refractivity contribution in [1.82, 2.24) is 9.97 Å². The number of aromatic nitrogens is 2. The zero-order valence-corrected chi connectivity index (χ0v) is 23.8. The van der Waals surface area contributed by atoms with Crippen molar-refractivity contribution in [1.29, 1.82) is 0 Å². The predicted octanol–water partition coefficient (Wildman–Crippen LogP) is 10.1. The van der Waals surface area contributed by atoms with Crippen LogP contribution in [0.5, 0.6) is 5.75 Å². The number of hydrogen-bond donors (Lipinski definition) is 0. The second-order valence-electron chi connectivity index (χ2n) is 11.2. The molecule has 1 aliphatic rings. The largest absolute Gasteiger partial charge is 0.490 e. The van der Waals surface area contributed by atoms with E-state index in [0.29, 0.717) is 6.61 Å². The minimum atomic E-state index is 0.639. The van der Waals surface area contributed by atoms with Crippen LogP contribution in [0.2, 0.25) is 0 Å². The van der Waals surface area contributed by atoms with Crippen molar-refractivity contribution in [2.75, 3.05) is 6.61 Å². The van der Waals surface area contributed by atoms with Gasteiger partial charge in [-0.15, -0.1) is 0 Å². The lowest BCUT2D eigenvalue weighted by molar-refractivity contribution is 0.288. The minimum Gasteiger partial charge on any atom is -0.490 e. The van der Waals surface area contributed by atoms with Gasteiger partial charge in [-0.3, -0.25) is 0 Å². The smallest absolute Gasteiger partial charge is 0.159 e. The topological polar surface area (TPSA) is 35.0 Å². The normalized spacial score (nSPS) is 17.9. The number of hydrogen-bond acceptors (Lipinski definition) is 3. The lowest BCUT2D eigenvalue weighted by Gasteiger charge is -2.26. The molecule has 3 rings (SSSR count). The minimum absolute atomic E-state index is 0.639. The molecule has 0 radical (unpaired) electrons. The van der Waals surface area contributed by atoms with Crippen LogP contribution in [0.1, 0.15) is 122 Å². The summed E-state index contributed by atoms with van der Waals surface area (Å²) in [5.41, 5.74) is 2.28. The van der Waals surface area contributed by atoms with Crippen LogP contribution >= 0.6 is 0 Å². The van der Waals surface area contributed by atoms with Gasteiger partial charge in [0.25, 0.3) is 0 Å². The maximum atomic E-state index is 5.96. The summed E-state index contributed by atoms with van der Waals surface area (Å²) in [6.45, 7) is 5.21. The van der Waals surface area contributed by atoms with Crippen molar-refractivity contribution >= 4 is 0 Å². The highest BCUT2D eigenvalue weighted by Crippen LogP contribution is 2.32. The molecule has 0 amide bonds. The zero-order valence-electron chi connectivity index (χ0n) is 23.8. The van der Waals surface area contributed by atoms with Gasteiger partial charge in [-0.25, -0.2) is 9.97 Å². The van der Waals surface area contributed by atoms with Gasteiger partial charge in [0, 0.05) is 18.0 Å². The van der Waals surface area contributed by atoms with E-state index in [1.165, 1.54) is 108 Å². The van der Waals surface area contributed by atoms with Gasteiger partial charge in [-0.05, 0) is 80.2 Å². The Balaban J connectivity index is 1.30. The molecule has 1 aliphatic carbocycles. The van der Waals surface area contributed by atoms with Crippen molar-refractivity contribution in [3.05, 3.63) is 54.4 Å². The van der Waals surface area contributed by atoms with Crippen LogP contribution in [0.4, 0.5) is 0 Å². The monoisotopic (exact) mass is 504 g/mol. The number of allylic oxidation sites excluding steroid dienone is 1. The second kappa shape index (κ2) is 18.2. The van der Waals surface area contributed by atoms with E-state index in [2.05, 4.69) is 48.1 Å². The highest BCUT2D eigenvalue weighted by molar-refractivity contribution is 5.55. The van der Waals surface area contributed by atoms with Crippen LogP contribution < -0.4 is 4.74 Å². The molecule has 3 heteroatoms. The SMILES string of the molecule is CCCCCCCCCCc1cnc(-c2ccc(OC/C=C/[C@H]3CC[C@H](CCCCC)CC3)cc2)nc1. The fraction of sp³-hybridized carbons (Fsp3) is 0.647. The molecule has 0 N–H and O–H groups in total. The molecule has 1 saturated carbocycles. The first kappa shape index (κ1) is 29.4. The van der Waals surface area contributed by atoms with E-state index in [4.69, 9.17) is 4.74 Å². The molecule has 1 aromatic carbocycles. The Labute approximate surface area is 227 Å². The van der Waals surface area contributed by atoms with E-state index in [-0.39, 0.29) is 0 Å². The fourth-order valence-corrected chi connectivity index (χ4v) is 5.54. The summed E-state index contributed by atoms with van der Waals surface area (Å²) in [4.78, 5) is 9.23. The average Bonchev–Trinajstić information content (AvgIpc) is 2.94.